The van der Waals surface area contributed by atoms with Crippen molar-refractivity contribution in [3.8, 4) is 11.5 Å². The third-order valence-electron chi connectivity index (χ3n) is 5.08. The molecule has 2 aromatic carbocycles. The lowest BCUT2D eigenvalue weighted by Crippen LogP contribution is -2.55. The van der Waals surface area contributed by atoms with Crippen LogP contribution in [0.15, 0.2) is 48.5 Å². The fourth-order valence-corrected chi connectivity index (χ4v) is 3.59. The first-order valence-corrected chi connectivity index (χ1v) is 9.28. The lowest BCUT2D eigenvalue weighted by molar-refractivity contribution is -0.0678. The summed E-state index contributed by atoms with van der Waals surface area (Å²) in [6.07, 6.45) is 0.104. The zero-order valence-corrected chi connectivity index (χ0v) is 17.7. The van der Waals surface area contributed by atoms with Crippen LogP contribution in [0, 0.1) is 0 Å². The maximum atomic E-state index is 11.0. The molecule has 2 N–H and O–H groups in total. The van der Waals surface area contributed by atoms with Gasteiger partial charge in [-0.2, -0.15) is 0 Å². The van der Waals surface area contributed by atoms with Gasteiger partial charge in [-0.1, -0.05) is 30.3 Å². The lowest BCUT2D eigenvalue weighted by Gasteiger charge is -2.43. The molecule has 6 heteroatoms. The van der Waals surface area contributed by atoms with Crippen LogP contribution in [0.1, 0.15) is 31.0 Å². The summed E-state index contributed by atoms with van der Waals surface area (Å²) in [5.41, 5.74) is 1.48. The van der Waals surface area contributed by atoms with Crippen LogP contribution in [0.4, 0.5) is 0 Å². The third kappa shape index (κ3) is 4.97. The number of rotatable bonds is 7. The predicted octanol–water partition coefficient (Wildman–Crippen LogP) is 3.54. The summed E-state index contributed by atoms with van der Waals surface area (Å²) in [6, 6.07) is 15.7. The maximum Gasteiger partial charge on any atom is 0.131 e. The minimum atomic E-state index is -0.678. The Hall–Kier alpha value is -1.79. The molecule has 0 bridgehead atoms. The van der Waals surface area contributed by atoms with Gasteiger partial charge in [-0.25, -0.2) is 0 Å². The Labute approximate surface area is 173 Å². The normalized spacial score (nSPS) is 21.0. The van der Waals surface area contributed by atoms with Crippen LogP contribution in [0.3, 0.4) is 0 Å². The molecule has 3 atom stereocenters. The number of hydrogen-bond acceptors (Lipinski definition) is 5. The number of para-hydroxylation sites is 1. The quantitative estimate of drug-likeness (QED) is 0.735. The van der Waals surface area contributed by atoms with Crippen molar-refractivity contribution >= 4 is 12.4 Å². The standard InChI is InChI=1S/C22H29NO4.ClH/c1-22(2)21(24)20(18-7-5-6-8-19(18)27-22)23-16(14-25-3)13-15-9-11-17(26-4)12-10-15;/h5-12,16,20-21,23-24H,13-14H2,1-4H3;1H. The zero-order valence-electron chi connectivity index (χ0n) is 16.8. The Bertz CT molecular complexity index is 750. The van der Waals surface area contributed by atoms with E-state index in [2.05, 4.69) is 17.4 Å². The molecule has 2 aromatic rings. The van der Waals surface area contributed by atoms with Gasteiger partial charge in [0.15, 0.2) is 0 Å². The largest absolute Gasteiger partial charge is 0.497 e. The summed E-state index contributed by atoms with van der Waals surface area (Å²) < 4.78 is 16.7. The van der Waals surface area contributed by atoms with E-state index in [9.17, 15) is 5.11 Å². The molecule has 0 fully saturated rings. The highest BCUT2D eigenvalue weighted by molar-refractivity contribution is 5.85. The molecular formula is C22H30ClNO4. The van der Waals surface area contributed by atoms with E-state index in [4.69, 9.17) is 14.2 Å². The average molecular weight is 408 g/mol. The number of aliphatic hydroxyl groups excluding tert-OH is 1. The predicted molar refractivity (Wildman–Crippen MR) is 113 cm³/mol. The number of halogens is 1. The summed E-state index contributed by atoms with van der Waals surface area (Å²) >= 11 is 0. The van der Waals surface area contributed by atoms with Crippen molar-refractivity contribution < 1.29 is 19.3 Å². The molecule has 1 aliphatic rings. The molecule has 1 aliphatic heterocycles. The molecule has 0 aromatic heterocycles. The Morgan fingerprint density at radius 2 is 1.79 bits per heavy atom. The van der Waals surface area contributed by atoms with Gasteiger partial charge in [-0.05, 0) is 44.0 Å². The van der Waals surface area contributed by atoms with E-state index in [0.717, 1.165) is 23.5 Å². The van der Waals surface area contributed by atoms with Gasteiger partial charge < -0.3 is 24.6 Å². The van der Waals surface area contributed by atoms with Gasteiger partial charge in [0.25, 0.3) is 0 Å². The molecule has 1 heterocycles. The number of hydrogen-bond donors (Lipinski definition) is 2. The van der Waals surface area contributed by atoms with Crippen molar-refractivity contribution in [3.63, 3.8) is 0 Å². The van der Waals surface area contributed by atoms with E-state index in [1.807, 2.05) is 50.2 Å². The van der Waals surface area contributed by atoms with Crippen molar-refractivity contribution in [2.45, 2.75) is 44.1 Å². The third-order valence-corrected chi connectivity index (χ3v) is 5.08. The van der Waals surface area contributed by atoms with Gasteiger partial charge in [0.2, 0.25) is 0 Å². The number of ether oxygens (including phenoxy) is 3. The number of fused-ring (bicyclic) bond motifs is 1. The van der Waals surface area contributed by atoms with Crippen molar-refractivity contribution in [2.24, 2.45) is 0 Å². The van der Waals surface area contributed by atoms with Crippen LogP contribution in [-0.2, 0) is 11.2 Å². The molecule has 3 rings (SSSR count). The minimum absolute atomic E-state index is 0. The van der Waals surface area contributed by atoms with E-state index < -0.39 is 11.7 Å². The van der Waals surface area contributed by atoms with Crippen LogP contribution < -0.4 is 14.8 Å². The second kappa shape index (κ2) is 9.61. The second-order valence-corrected chi connectivity index (χ2v) is 7.54. The van der Waals surface area contributed by atoms with E-state index in [1.54, 1.807) is 14.2 Å². The van der Waals surface area contributed by atoms with Gasteiger partial charge in [-0.15, -0.1) is 12.4 Å². The highest BCUT2D eigenvalue weighted by Gasteiger charge is 2.43. The summed E-state index contributed by atoms with van der Waals surface area (Å²) in [6.45, 7) is 4.37. The second-order valence-electron chi connectivity index (χ2n) is 7.54. The summed E-state index contributed by atoms with van der Waals surface area (Å²) in [7, 11) is 3.36. The van der Waals surface area contributed by atoms with E-state index >= 15 is 0 Å². The Balaban J connectivity index is 0.00000280. The van der Waals surface area contributed by atoms with Crippen LogP contribution in [0.5, 0.6) is 11.5 Å². The van der Waals surface area contributed by atoms with Crippen molar-refractivity contribution in [3.05, 3.63) is 59.7 Å². The monoisotopic (exact) mass is 407 g/mol. The first kappa shape index (κ1) is 22.5. The molecule has 0 amide bonds. The fraction of sp³-hybridized carbons (Fsp3) is 0.455. The zero-order chi connectivity index (χ0) is 19.4. The first-order chi connectivity index (χ1) is 12.9. The van der Waals surface area contributed by atoms with Crippen LogP contribution >= 0.6 is 12.4 Å². The molecule has 0 spiro atoms. The molecule has 0 aliphatic carbocycles. The van der Waals surface area contributed by atoms with Crippen molar-refractivity contribution in [1.29, 1.82) is 0 Å². The molecule has 0 saturated heterocycles. The van der Waals surface area contributed by atoms with Gasteiger partial charge in [0, 0.05) is 18.7 Å². The molecule has 3 unspecified atom stereocenters. The van der Waals surface area contributed by atoms with Crippen LogP contribution in [0.25, 0.3) is 0 Å². The molecule has 5 nitrogen and oxygen atoms in total. The molecular weight excluding hydrogens is 378 g/mol. The average Bonchev–Trinajstić information content (AvgIpc) is 2.66. The van der Waals surface area contributed by atoms with Crippen LogP contribution in [-0.4, -0.2) is 43.7 Å². The SMILES string of the molecule is COCC(Cc1ccc(OC)cc1)NC1c2ccccc2OC(C)(C)C1O.Cl. The van der Waals surface area contributed by atoms with Gasteiger partial charge in [0.1, 0.15) is 23.2 Å². The maximum absolute atomic E-state index is 11.0. The van der Waals surface area contributed by atoms with Crippen molar-refractivity contribution in [2.75, 3.05) is 20.8 Å². The topological polar surface area (TPSA) is 60.0 Å². The number of methoxy groups -OCH3 is 2. The highest BCUT2D eigenvalue weighted by Crippen LogP contribution is 2.39. The minimum Gasteiger partial charge on any atom is -0.497 e. The van der Waals surface area contributed by atoms with Gasteiger partial charge in [0.05, 0.1) is 19.8 Å². The summed E-state index contributed by atoms with van der Waals surface area (Å²) in [5.74, 6) is 1.65. The van der Waals surface area contributed by atoms with E-state index in [-0.39, 0.29) is 24.5 Å². The number of aliphatic hydroxyl groups is 1. The first-order valence-electron chi connectivity index (χ1n) is 9.28. The molecule has 0 saturated carbocycles. The van der Waals surface area contributed by atoms with Crippen molar-refractivity contribution in [1.82, 2.24) is 5.32 Å². The highest BCUT2D eigenvalue weighted by atomic mass is 35.5. The van der Waals surface area contributed by atoms with Gasteiger partial charge >= 0.3 is 0 Å². The van der Waals surface area contributed by atoms with Crippen LogP contribution in [0.2, 0.25) is 0 Å². The number of benzene rings is 2. The Morgan fingerprint density at radius 3 is 2.43 bits per heavy atom. The molecule has 28 heavy (non-hydrogen) atoms. The molecule has 0 radical (unpaired) electrons. The number of nitrogens with one attached hydrogen (secondary N) is 1. The van der Waals surface area contributed by atoms with E-state index in [1.165, 1.54) is 5.56 Å². The molecule has 154 valence electrons. The van der Waals surface area contributed by atoms with Gasteiger partial charge in [-0.3, -0.25) is 0 Å². The lowest BCUT2D eigenvalue weighted by atomic mass is 9.86. The smallest absolute Gasteiger partial charge is 0.131 e. The Morgan fingerprint density at radius 1 is 1.11 bits per heavy atom. The van der Waals surface area contributed by atoms with E-state index in [0.29, 0.717) is 6.61 Å². The fourth-order valence-electron chi connectivity index (χ4n) is 3.59. The summed E-state index contributed by atoms with van der Waals surface area (Å²) in [4.78, 5) is 0. The summed E-state index contributed by atoms with van der Waals surface area (Å²) in [5, 5.41) is 14.6. The Kier molecular flexibility index (Phi) is 7.72.